The second kappa shape index (κ2) is 7.84. The Bertz CT molecular complexity index is 530. The second-order valence-corrected chi connectivity index (χ2v) is 5.62. The average Bonchev–Trinajstić information content (AvgIpc) is 2.48. The van der Waals surface area contributed by atoms with Gasteiger partial charge in [-0.1, -0.05) is 48.5 Å². The number of benzene rings is 2. The van der Waals surface area contributed by atoms with E-state index in [1.807, 2.05) is 0 Å². The maximum absolute atomic E-state index is 5.97. The first kappa shape index (κ1) is 15.6. The Balaban J connectivity index is 1.74. The summed E-state index contributed by atoms with van der Waals surface area (Å²) >= 11 is 0. The van der Waals surface area contributed by atoms with Crippen molar-refractivity contribution in [3.8, 4) is 5.75 Å². The van der Waals surface area contributed by atoms with Crippen molar-refractivity contribution in [3.63, 3.8) is 0 Å². The van der Waals surface area contributed by atoms with Gasteiger partial charge in [0.25, 0.3) is 0 Å². The van der Waals surface area contributed by atoms with Gasteiger partial charge in [-0.15, -0.1) is 0 Å². The minimum absolute atomic E-state index is 0.340. The van der Waals surface area contributed by atoms with E-state index in [1.165, 1.54) is 16.7 Å². The monoisotopic (exact) mass is 283 g/mol. The molecule has 0 saturated heterocycles. The van der Waals surface area contributed by atoms with Crippen molar-refractivity contribution in [2.75, 3.05) is 13.2 Å². The van der Waals surface area contributed by atoms with E-state index >= 15 is 0 Å². The zero-order chi connectivity index (χ0) is 15.1. The van der Waals surface area contributed by atoms with Gasteiger partial charge >= 0.3 is 0 Å². The molecular weight excluding hydrogens is 258 g/mol. The minimum atomic E-state index is 0.340. The fraction of sp³-hybridized carbons (Fsp3) is 0.368. The summed E-state index contributed by atoms with van der Waals surface area (Å²) < 4.78 is 5.97. The number of aryl methyl sites for hydroxylation is 2. The van der Waals surface area contributed by atoms with Crippen molar-refractivity contribution in [1.82, 2.24) is 5.32 Å². The van der Waals surface area contributed by atoms with Crippen LogP contribution in [-0.2, 0) is 6.42 Å². The van der Waals surface area contributed by atoms with Gasteiger partial charge in [0.05, 0.1) is 0 Å². The van der Waals surface area contributed by atoms with Crippen molar-refractivity contribution < 1.29 is 4.74 Å². The van der Waals surface area contributed by atoms with Crippen LogP contribution in [0, 0.1) is 13.8 Å². The normalized spacial score (nSPS) is 12.1. The number of para-hydroxylation sites is 1. The molecule has 112 valence electrons. The summed E-state index contributed by atoms with van der Waals surface area (Å²) in [7, 11) is 0. The highest BCUT2D eigenvalue weighted by molar-refractivity contribution is 5.39. The molecule has 2 nitrogen and oxygen atoms in total. The Morgan fingerprint density at radius 1 is 0.952 bits per heavy atom. The SMILES string of the molecule is Cc1cccc(C)c1OC[C@H](C)NCCc1ccccc1. The summed E-state index contributed by atoms with van der Waals surface area (Å²) in [6.45, 7) is 8.02. The minimum Gasteiger partial charge on any atom is -0.491 e. The average molecular weight is 283 g/mol. The van der Waals surface area contributed by atoms with Crippen molar-refractivity contribution in [2.45, 2.75) is 33.2 Å². The maximum atomic E-state index is 5.97. The quantitative estimate of drug-likeness (QED) is 0.832. The third kappa shape index (κ3) is 4.91. The van der Waals surface area contributed by atoms with E-state index in [4.69, 9.17) is 4.74 Å². The van der Waals surface area contributed by atoms with E-state index < -0.39 is 0 Å². The molecule has 1 N–H and O–H groups in total. The Morgan fingerprint density at radius 2 is 1.62 bits per heavy atom. The highest BCUT2D eigenvalue weighted by atomic mass is 16.5. The van der Waals surface area contributed by atoms with Gasteiger partial charge in [-0.2, -0.15) is 0 Å². The zero-order valence-corrected chi connectivity index (χ0v) is 13.2. The molecule has 0 heterocycles. The molecule has 2 aromatic rings. The predicted molar refractivity (Wildman–Crippen MR) is 89.0 cm³/mol. The molecule has 0 amide bonds. The van der Waals surface area contributed by atoms with Crippen molar-refractivity contribution in [3.05, 3.63) is 65.2 Å². The van der Waals surface area contributed by atoms with Crippen molar-refractivity contribution in [1.29, 1.82) is 0 Å². The molecule has 21 heavy (non-hydrogen) atoms. The lowest BCUT2D eigenvalue weighted by Gasteiger charge is -2.17. The van der Waals surface area contributed by atoms with E-state index in [0.29, 0.717) is 12.6 Å². The summed E-state index contributed by atoms with van der Waals surface area (Å²) in [4.78, 5) is 0. The van der Waals surface area contributed by atoms with Gasteiger partial charge < -0.3 is 10.1 Å². The van der Waals surface area contributed by atoms with Crippen LogP contribution in [0.1, 0.15) is 23.6 Å². The molecule has 1 atom stereocenters. The van der Waals surface area contributed by atoms with E-state index in [-0.39, 0.29) is 0 Å². The Morgan fingerprint density at radius 3 is 2.29 bits per heavy atom. The lowest BCUT2D eigenvalue weighted by Crippen LogP contribution is -2.33. The van der Waals surface area contributed by atoms with Crippen LogP contribution >= 0.6 is 0 Å². The molecular formula is C19H25NO. The van der Waals surface area contributed by atoms with Crippen LogP contribution in [-0.4, -0.2) is 19.2 Å². The van der Waals surface area contributed by atoms with Crippen LogP contribution in [0.4, 0.5) is 0 Å². The summed E-state index contributed by atoms with van der Waals surface area (Å²) in [6, 6.07) is 17.2. The number of nitrogens with one attached hydrogen (secondary N) is 1. The molecule has 0 bridgehead atoms. The first-order valence-corrected chi connectivity index (χ1v) is 7.63. The van der Waals surface area contributed by atoms with E-state index in [9.17, 15) is 0 Å². The lowest BCUT2D eigenvalue weighted by molar-refractivity contribution is 0.271. The second-order valence-electron chi connectivity index (χ2n) is 5.62. The molecule has 0 unspecified atom stereocenters. The Kier molecular flexibility index (Phi) is 5.82. The fourth-order valence-electron chi connectivity index (χ4n) is 2.40. The van der Waals surface area contributed by atoms with Crippen LogP contribution in [0.2, 0.25) is 0 Å². The Labute approximate surface area is 128 Å². The summed E-state index contributed by atoms with van der Waals surface area (Å²) in [5.41, 5.74) is 3.77. The smallest absolute Gasteiger partial charge is 0.125 e. The molecule has 2 aromatic carbocycles. The van der Waals surface area contributed by atoms with Gasteiger partial charge in [-0.05, 0) is 50.4 Å². The number of hydrogen-bond donors (Lipinski definition) is 1. The molecule has 0 aliphatic heterocycles. The number of rotatable bonds is 7. The summed E-state index contributed by atoms with van der Waals surface area (Å²) in [6.07, 6.45) is 1.05. The van der Waals surface area contributed by atoms with Crippen LogP contribution in [0.25, 0.3) is 0 Å². The first-order valence-electron chi connectivity index (χ1n) is 7.63. The topological polar surface area (TPSA) is 21.3 Å². The highest BCUT2D eigenvalue weighted by Crippen LogP contribution is 2.22. The van der Waals surface area contributed by atoms with Gasteiger partial charge in [-0.3, -0.25) is 0 Å². The highest BCUT2D eigenvalue weighted by Gasteiger charge is 2.06. The predicted octanol–water partition coefficient (Wildman–Crippen LogP) is 3.90. The van der Waals surface area contributed by atoms with Crippen molar-refractivity contribution in [2.24, 2.45) is 0 Å². The first-order chi connectivity index (χ1) is 10.2. The van der Waals surface area contributed by atoms with E-state index in [1.54, 1.807) is 0 Å². The van der Waals surface area contributed by atoms with Gasteiger partial charge in [0, 0.05) is 6.04 Å². The van der Waals surface area contributed by atoms with Gasteiger partial charge in [0.15, 0.2) is 0 Å². The van der Waals surface area contributed by atoms with Gasteiger partial charge in [0.1, 0.15) is 12.4 Å². The molecule has 2 rings (SSSR count). The van der Waals surface area contributed by atoms with Crippen LogP contribution in [0.15, 0.2) is 48.5 Å². The molecule has 0 spiro atoms. The van der Waals surface area contributed by atoms with Gasteiger partial charge in [0.2, 0.25) is 0 Å². The number of ether oxygens (including phenoxy) is 1. The third-order valence-electron chi connectivity index (χ3n) is 3.64. The molecule has 2 heteroatoms. The van der Waals surface area contributed by atoms with E-state index in [0.717, 1.165) is 18.7 Å². The van der Waals surface area contributed by atoms with Crippen LogP contribution < -0.4 is 10.1 Å². The lowest BCUT2D eigenvalue weighted by atomic mass is 10.1. The fourth-order valence-corrected chi connectivity index (χ4v) is 2.40. The maximum Gasteiger partial charge on any atom is 0.125 e. The molecule has 0 aliphatic rings. The van der Waals surface area contributed by atoms with Crippen LogP contribution in [0.3, 0.4) is 0 Å². The molecule has 0 fully saturated rings. The molecule has 0 aliphatic carbocycles. The summed E-state index contributed by atoms with van der Waals surface area (Å²) in [5.74, 6) is 1.02. The molecule has 0 aromatic heterocycles. The van der Waals surface area contributed by atoms with Crippen LogP contribution in [0.5, 0.6) is 5.75 Å². The largest absolute Gasteiger partial charge is 0.491 e. The summed E-state index contributed by atoms with van der Waals surface area (Å²) in [5, 5.41) is 3.52. The molecule has 0 radical (unpaired) electrons. The van der Waals surface area contributed by atoms with Gasteiger partial charge in [-0.25, -0.2) is 0 Å². The zero-order valence-electron chi connectivity index (χ0n) is 13.2. The number of hydrogen-bond acceptors (Lipinski definition) is 2. The molecule has 0 saturated carbocycles. The standard InChI is InChI=1S/C19H25NO/c1-15-8-7-9-16(2)19(15)21-14-17(3)20-13-12-18-10-5-4-6-11-18/h4-11,17,20H,12-14H2,1-3H3/t17-/m0/s1. The van der Waals surface area contributed by atoms with Crippen molar-refractivity contribution >= 4 is 0 Å². The third-order valence-corrected chi connectivity index (χ3v) is 3.64. The Hall–Kier alpha value is -1.80. The van der Waals surface area contributed by atoms with E-state index in [2.05, 4.69) is 74.6 Å².